The molecule has 0 aromatic heterocycles. The molecule has 2 aromatic rings. The van der Waals surface area contributed by atoms with Gasteiger partial charge in [0.05, 0.1) is 6.04 Å². The van der Waals surface area contributed by atoms with Gasteiger partial charge in [-0.3, -0.25) is 0 Å². The van der Waals surface area contributed by atoms with Crippen molar-refractivity contribution < 1.29 is 13.5 Å². The van der Waals surface area contributed by atoms with Crippen LogP contribution in [0.25, 0.3) is 0 Å². The highest BCUT2D eigenvalue weighted by atomic mass is 19.3. The van der Waals surface area contributed by atoms with Crippen LogP contribution in [0.5, 0.6) is 5.75 Å². The van der Waals surface area contributed by atoms with Gasteiger partial charge in [-0.05, 0) is 23.6 Å². The van der Waals surface area contributed by atoms with E-state index in [2.05, 4.69) is 11.7 Å². The maximum absolute atomic E-state index is 12.4. The van der Waals surface area contributed by atoms with E-state index in [0.717, 1.165) is 12.0 Å². The first-order valence-corrected chi connectivity index (χ1v) is 6.50. The van der Waals surface area contributed by atoms with Crippen molar-refractivity contribution in [2.75, 3.05) is 0 Å². The van der Waals surface area contributed by atoms with E-state index in [-0.39, 0.29) is 5.75 Å². The van der Waals surface area contributed by atoms with E-state index in [1.807, 2.05) is 24.3 Å². The molecule has 2 N–H and O–H groups in total. The molecule has 0 saturated heterocycles. The molecule has 106 valence electrons. The highest BCUT2D eigenvalue weighted by Crippen LogP contribution is 2.29. The van der Waals surface area contributed by atoms with Gasteiger partial charge in [0.15, 0.2) is 0 Å². The van der Waals surface area contributed by atoms with Crippen molar-refractivity contribution in [3.05, 3.63) is 65.2 Å². The summed E-state index contributed by atoms with van der Waals surface area (Å²) in [6.45, 7) is -0.786. The monoisotopic (exact) mass is 277 g/mol. The Hall–Kier alpha value is -1.94. The third kappa shape index (κ3) is 3.33. The summed E-state index contributed by atoms with van der Waals surface area (Å²) in [4.78, 5) is 0. The van der Waals surface area contributed by atoms with E-state index in [9.17, 15) is 8.78 Å². The van der Waals surface area contributed by atoms with E-state index in [4.69, 9.17) is 5.73 Å². The number of rotatable bonds is 5. The lowest BCUT2D eigenvalue weighted by Crippen LogP contribution is -2.14. The number of aryl methyl sites for hydroxylation is 1. The molecular weight excluding hydrogens is 260 g/mol. The van der Waals surface area contributed by atoms with Crippen LogP contribution in [-0.2, 0) is 6.42 Å². The van der Waals surface area contributed by atoms with E-state index < -0.39 is 12.7 Å². The number of hydrogen-bond donors (Lipinski definition) is 1. The van der Waals surface area contributed by atoms with Crippen molar-refractivity contribution in [3.8, 4) is 5.75 Å². The van der Waals surface area contributed by atoms with Crippen LogP contribution in [0.15, 0.2) is 48.5 Å². The fraction of sp³-hybridized carbons (Fsp3) is 0.250. The van der Waals surface area contributed by atoms with Crippen molar-refractivity contribution in [1.29, 1.82) is 0 Å². The lowest BCUT2D eigenvalue weighted by atomic mass is 9.97. The SMILES string of the molecule is CCc1ccc(C(N)c2ccccc2OC(F)F)cc1. The van der Waals surface area contributed by atoms with Crippen molar-refractivity contribution in [2.45, 2.75) is 26.0 Å². The average Bonchev–Trinajstić information content (AvgIpc) is 2.46. The summed E-state index contributed by atoms with van der Waals surface area (Å²) in [7, 11) is 0. The number of benzene rings is 2. The Kier molecular flexibility index (Phi) is 4.69. The number of halogens is 2. The van der Waals surface area contributed by atoms with Crippen molar-refractivity contribution in [3.63, 3.8) is 0 Å². The van der Waals surface area contributed by atoms with Crippen LogP contribution in [0.2, 0.25) is 0 Å². The standard InChI is InChI=1S/C16H17F2NO/c1-2-11-7-9-12(10-8-11)15(19)13-5-3-4-6-14(13)20-16(17)18/h3-10,15-16H,2,19H2,1H3. The van der Waals surface area contributed by atoms with Crippen LogP contribution in [-0.4, -0.2) is 6.61 Å². The molecule has 0 aliphatic carbocycles. The second kappa shape index (κ2) is 6.48. The highest BCUT2D eigenvalue weighted by molar-refractivity contribution is 5.41. The predicted octanol–water partition coefficient (Wildman–Crippen LogP) is 3.90. The number of hydrogen-bond acceptors (Lipinski definition) is 2. The van der Waals surface area contributed by atoms with Gasteiger partial charge in [-0.25, -0.2) is 0 Å². The maximum atomic E-state index is 12.4. The molecule has 1 unspecified atom stereocenters. The zero-order valence-electron chi connectivity index (χ0n) is 11.2. The lowest BCUT2D eigenvalue weighted by molar-refractivity contribution is -0.0505. The topological polar surface area (TPSA) is 35.2 Å². The first-order chi connectivity index (χ1) is 9.61. The zero-order valence-corrected chi connectivity index (χ0v) is 11.2. The van der Waals surface area contributed by atoms with Gasteiger partial charge < -0.3 is 10.5 Å². The largest absolute Gasteiger partial charge is 0.434 e. The molecule has 0 aliphatic heterocycles. The first kappa shape index (κ1) is 14.5. The second-order valence-corrected chi connectivity index (χ2v) is 4.49. The minimum atomic E-state index is -2.86. The first-order valence-electron chi connectivity index (χ1n) is 6.50. The Morgan fingerprint density at radius 3 is 2.30 bits per heavy atom. The minimum Gasteiger partial charge on any atom is -0.434 e. The van der Waals surface area contributed by atoms with E-state index >= 15 is 0 Å². The summed E-state index contributed by atoms with van der Waals surface area (Å²) in [5.74, 6) is 0.120. The summed E-state index contributed by atoms with van der Waals surface area (Å²) in [5, 5.41) is 0. The van der Waals surface area contributed by atoms with Crippen LogP contribution >= 0.6 is 0 Å². The van der Waals surface area contributed by atoms with E-state index in [0.29, 0.717) is 5.56 Å². The van der Waals surface area contributed by atoms with Crippen LogP contribution in [0.1, 0.15) is 29.7 Å². The van der Waals surface area contributed by atoms with Crippen LogP contribution in [0.3, 0.4) is 0 Å². The van der Waals surface area contributed by atoms with E-state index in [1.165, 1.54) is 11.6 Å². The smallest absolute Gasteiger partial charge is 0.387 e. The molecule has 20 heavy (non-hydrogen) atoms. The molecule has 2 aromatic carbocycles. The van der Waals surface area contributed by atoms with Gasteiger partial charge in [-0.15, -0.1) is 0 Å². The molecule has 0 saturated carbocycles. The summed E-state index contributed by atoms with van der Waals surface area (Å²) in [6.07, 6.45) is 0.945. The second-order valence-electron chi connectivity index (χ2n) is 4.49. The van der Waals surface area contributed by atoms with Crippen molar-refractivity contribution in [1.82, 2.24) is 0 Å². The summed E-state index contributed by atoms with van der Waals surface area (Å²) in [5.41, 5.74) is 8.79. The summed E-state index contributed by atoms with van der Waals surface area (Å²) < 4.78 is 29.3. The molecule has 0 spiro atoms. The van der Waals surface area contributed by atoms with Crippen LogP contribution < -0.4 is 10.5 Å². The van der Waals surface area contributed by atoms with Gasteiger partial charge in [0.1, 0.15) is 5.75 Å². The molecule has 4 heteroatoms. The average molecular weight is 277 g/mol. The van der Waals surface area contributed by atoms with Gasteiger partial charge in [0, 0.05) is 5.56 Å². The number of para-hydroxylation sites is 1. The summed E-state index contributed by atoms with van der Waals surface area (Å²) >= 11 is 0. The molecule has 2 rings (SSSR count). The Labute approximate surface area is 117 Å². The van der Waals surface area contributed by atoms with Crippen molar-refractivity contribution in [2.24, 2.45) is 5.73 Å². The Morgan fingerprint density at radius 1 is 1.05 bits per heavy atom. The molecule has 0 amide bonds. The van der Waals surface area contributed by atoms with Crippen LogP contribution in [0.4, 0.5) is 8.78 Å². The van der Waals surface area contributed by atoms with Gasteiger partial charge in [0.25, 0.3) is 0 Å². The molecule has 0 aliphatic rings. The molecule has 0 radical (unpaired) electrons. The number of nitrogens with two attached hydrogens (primary N) is 1. The fourth-order valence-corrected chi connectivity index (χ4v) is 2.08. The van der Waals surface area contributed by atoms with Gasteiger partial charge in [-0.1, -0.05) is 49.4 Å². The Bertz CT molecular complexity index is 555. The lowest BCUT2D eigenvalue weighted by Gasteiger charge is -2.17. The van der Waals surface area contributed by atoms with E-state index in [1.54, 1.807) is 18.2 Å². The van der Waals surface area contributed by atoms with Gasteiger partial charge in [0.2, 0.25) is 0 Å². The third-order valence-electron chi connectivity index (χ3n) is 3.22. The number of ether oxygens (including phenoxy) is 1. The predicted molar refractivity (Wildman–Crippen MR) is 74.9 cm³/mol. The van der Waals surface area contributed by atoms with Gasteiger partial charge in [-0.2, -0.15) is 8.78 Å². The fourth-order valence-electron chi connectivity index (χ4n) is 2.08. The highest BCUT2D eigenvalue weighted by Gasteiger charge is 2.16. The normalized spacial score (nSPS) is 12.4. The van der Waals surface area contributed by atoms with Crippen LogP contribution in [0, 0.1) is 0 Å². The molecular formula is C16H17F2NO. The van der Waals surface area contributed by atoms with Crippen molar-refractivity contribution >= 4 is 0 Å². The Balaban J connectivity index is 2.29. The molecule has 0 heterocycles. The Morgan fingerprint density at radius 2 is 1.70 bits per heavy atom. The quantitative estimate of drug-likeness (QED) is 0.899. The number of alkyl halides is 2. The molecule has 0 bridgehead atoms. The molecule has 2 nitrogen and oxygen atoms in total. The zero-order chi connectivity index (χ0) is 14.5. The van der Waals surface area contributed by atoms with Gasteiger partial charge >= 0.3 is 6.61 Å². The molecule has 1 atom stereocenters. The summed E-state index contributed by atoms with van der Waals surface area (Å²) in [6, 6.07) is 13.9. The third-order valence-corrected chi connectivity index (χ3v) is 3.22. The molecule has 0 fully saturated rings. The maximum Gasteiger partial charge on any atom is 0.387 e. The minimum absolute atomic E-state index is 0.120.